The van der Waals surface area contributed by atoms with E-state index in [4.69, 9.17) is 4.74 Å². The van der Waals surface area contributed by atoms with Crippen molar-refractivity contribution in [2.45, 2.75) is 39.4 Å². The van der Waals surface area contributed by atoms with Crippen molar-refractivity contribution < 1.29 is 4.74 Å². The molecule has 3 rings (SSSR count). The van der Waals surface area contributed by atoms with Gasteiger partial charge in [0.1, 0.15) is 0 Å². The maximum absolute atomic E-state index is 5.47. The van der Waals surface area contributed by atoms with E-state index in [9.17, 15) is 0 Å². The van der Waals surface area contributed by atoms with E-state index >= 15 is 0 Å². The predicted octanol–water partition coefficient (Wildman–Crippen LogP) is 2.77. The summed E-state index contributed by atoms with van der Waals surface area (Å²) in [7, 11) is 0. The Morgan fingerprint density at radius 2 is 1.96 bits per heavy atom. The molecule has 0 unspecified atom stereocenters. The van der Waals surface area contributed by atoms with Gasteiger partial charge in [0, 0.05) is 37.6 Å². The molecule has 1 aromatic heterocycles. The van der Waals surface area contributed by atoms with Gasteiger partial charge in [0.05, 0.1) is 25.5 Å². The lowest BCUT2D eigenvalue weighted by atomic mass is 10.1. The van der Waals surface area contributed by atoms with Crippen molar-refractivity contribution in [2.24, 2.45) is 0 Å². The summed E-state index contributed by atoms with van der Waals surface area (Å²) >= 11 is 0. The summed E-state index contributed by atoms with van der Waals surface area (Å²) in [5, 5.41) is 8.10. The molecular weight excluding hydrogens is 300 g/mol. The van der Waals surface area contributed by atoms with E-state index in [0.29, 0.717) is 12.1 Å². The summed E-state index contributed by atoms with van der Waals surface area (Å²) < 4.78 is 7.52. The van der Waals surface area contributed by atoms with Crippen LogP contribution in [0, 0.1) is 6.92 Å². The smallest absolute Gasteiger partial charge is 0.0642 e. The topological polar surface area (TPSA) is 42.3 Å². The minimum absolute atomic E-state index is 0.314. The number of aromatic nitrogens is 2. The second kappa shape index (κ2) is 7.81. The van der Waals surface area contributed by atoms with Gasteiger partial charge in [-0.15, -0.1) is 0 Å². The Kier molecular flexibility index (Phi) is 5.53. The Bertz CT molecular complexity index is 648. The first-order valence-electron chi connectivity index (χ1n) is 8.80. The highest BCUT2D eigenvalue weighted by Gasteiger charge is 2.17. The van der Waals surface area contributed by atoms with Gasteiger partial charge >= 0.3 is 0 Å². The minimum atomic E-state index is 0.314. The number of hydrogen-bond acceptors (Lipinski definition) is 4. The SMILES string of the molecule is Cc1cnn([C@@H](C)[C@H](C)NCc2ccccc2N2CCOCC2)c1. The van der Waals surface area contributed by atoms with E-state index in [-0.39, 0.29) is 0 Å². The van der Waals surface area contributed by atoms with Gasteiger partial charge in [-0.25, -0.2) is 0 Å². The zero-order valence-corrected chi connectivity index (χ0v) is 14.9. The van der Waals surface area contributed by atoms with Gasteiger partial charge in [-0.2, -0.15) is 5.10 Å². The fourth-order valence-corrected chi connectivity index (χ4v) is 3.10. The molecule has 0 spiro atoms. The Hall–Kier alpha value is -1.85. The van der Waals surface area contributed by atoms with E-state index in [1.165, 1.54) is 16.8 Å². The largest absolute Gasteiger partial charge is 0.378 e. The fraction of sp³-hybridized carbons (Fsp3) is 0.526. The molecule has 1 aromatic carbocycles. The molecule has 1 aliphatic rings. The number of aryl methyl sites for hydroxylation is 1. The van der Waals surface area contributed by atoms with Gasteiger partial charge in [0.2, 0.25) is 0 Å². The number of para-hydroxylation sites is 1. The first-order valence-corrected chi connectivity index (χ1v) is 8.80. The Morgan fingerprint density at radius 1 is 1.21 bits per heavy atom. The molecule has 2 aromatic rings. The van der Waals surface area contributed by atoms with Crippen molar-refractivity contribution in [3.63, 3.8) is 0 Å². The maximum atomic E-state index is 5.47. The summed E-state index contributed by atoms with van der Waals surface area (Å²) in [4.78, 5) is 2.42. The van der Waals surface area contributed by atoms with Gasteiger partial charge in [-0.1, -0.05) is 18.2 Å². The van der Waals surface area contributed by atoms with Gasteiger partial charge < -0.3 is 15.0 Å². The number of rotatable bonds is 6. The van der Waals surface area contributed by atoms with Crippen LogP contribution in [0.4, 0.5) is 5.69 Å². The molecule has 2 heterocycles. The van der Waals surface area contributed by atoms with Crippen LogP contribution >= 0.6 is 0 Å². The summed E-state index contributed by atoms with van der Waals surface area (Å²) in [6, 6.07) is 9.32. The lowest BCUT2D eigenvalue weighted by Crippen LogP contribution is -2.38. The summed E-state index contributed by atoms with van der Waals surface area (Å²) in [5.41, 5.74) is 3.87. The molecule has 5 heteroatoms. The van der Waals surface area contributed by atoms with Crippen LogP contribution < -0.4 is 10.2 Å². The molecule has 1 aliphatic heterocycles. The lowest BCUT2D eigenvalue weighted by Gasteiger charge is -2.31. The van der Waals surface area contributed by atoms with Crippen LogP contribution in [-0.4, -0.2) is 42.1 Å². The van der Waals surface area contributed by atoms with E-state index < -0.39 is 0 Å². The average Bonchev–Trinajstić information content (AvgIpc) is 3.06. The van der Waals surface area contributed by atoms with Crippen LogP contribution in [0.3, 0.4) is 0 Å². The molecule has 0 bridgehead atoms. The van der Waals surface area contributed by atoms with E-state index in [1.807, 2.05) is 10.9 Å². The standard InChI is InChI=1S/C19H28N4O/c1-15-12-21-23(14-15)17(3)16(2)20-13-18-6-4-5-7-19(18)22-8-10-24-11-9-22/h4-7,12,14,16-17,20H,8-11,13H2,1-3H3/t16-,17-/m0/s1. The third-order valence-electron chi connectivity index (χ3n) is 4.83. The van der Waals surface area contributed by atoms with E-state index in [2.05, 4.69) is 66.5 Å². The predicted molar refractivity (Wildman–Crippen MR) is 97.5 cm³/mol. The molecule has 0 aliphatic carbocycles. The molecule has 130 valence electrons. The van der Waals surface area contributed by atoms with Crippen LogP contribution in [0.1, 0.15) is 31.0 Å². The molecule has 0 saturated carbocycles. The van der Waals surface area contributed by atoms with Crippen molar-refractivity contribution in [2.75, 3.05) is 31.2 Å². The third kappa shape index (κ3) is 3.97. The zero-order valence-electron chi connectivity index (χ0n) is 14.9. The summed E-state index contributed by atoms with van der Waals surface area (Å²) in [6.45, 7) is 10.9. The number of morpholine rings is 1. The van der Waals surface area contributed by atoms with Gasteiger partial charge in [-0.3, -0.25) is 4.68 Å². The summed E-state index contributed by atoms with van der Waals surface area (Å²) in [5.74, 6) is 0. The Labute approximate surface area is 144 Å². The van der Waals surface area contributed by atoms with E-state index in [0.717, 1.165) is 32.8 Å². The molecule has 1 saturated heterocycles. The molecule has 24 heavy (non-hydrogen) atoms. The van der Waals surface area contributed by atoms with Crippen molar-refractivity contribution in [3.05, 3.63) is 47.8 Å². The quantitative estimate of drug-likeness (QED) is 0.885. The first-order chi connectivity index (χ1) is 11.6. The molecule has 0 radical (unpaired) electrons. The lowest BCUT2D eigenvalue weighted by molar-refractivity contribution is 0.122. The molecule has 0 amide bonds. The first kappa shape index (κ1) is 17.0. The van der Waals surface area contributed by atoms with Crippen LogP contribution in [-0.2, 0) is 11.3 Å². The second-order valence-corrected chi connectivity index (χ2v) is 6.64. The number of nitrogens with zero attached hydrogens (tertiary/aromatic N) is 3. The highest BCUT2D eigenvalue weighted by Crippen LogP contribution is 2.22. The van der Waals surface area contributed by atoms with E-state index in [1.54, 1.807) is 0 Å². The monoisotopic (exact) mass is 328 g/mol. The van der Waals surface area contributed by atoms with Crippen molar-refractivity contribution >= 4 is 5.69 Å². The van der Waals surface area contributed by atoms with Crippen LogP contribution in [0.2, 0.25) is 0 Å². The van der Waals surface area contributed by atoms with Crippen molar-refractivity contribution in [3.8, 4) is 0 Å². The van der Waals surface area contributed by atoms with Crippen LogP contribution in [0.25, 0.3) is 0 Å². The molecule has 1 N–H and O–H groups in total. The third-order valence-corrected chi connectivity index (χ3v) is 4.83. The Balaban J connectivity index is 1.63. The highest BCUT2D eigenvalue weighted by atomic mass is 16.5. The molecule has 1 fully saturated rings. The minimum Gasteiger partial charge on any atom is -0.378 e. The van der Waals surface area contributed by atoms with Crippen molar-refractivity contribution in [1.29, 1.82) is 0 Å². The van der Waals surface area contributed by atoms with Gasteiger partial charge in [-0.05, 0) is 38.0 Å². The fourth-order valence-electron chi connectivity index (χ4n) is 3.10. The average molecular weight is 328 g/mol. The molecule has 2 atom stereocenters. The van der Waals surface area contributed by atoms with Crippen LogP contribution in [0.5, 0.6) is 0 Å². The number of nitrogens with one attached hydrogen (secondary N) is 1. The number of hydrogen-bond donors (Lipinski definition) is 1. The Morgan fingerprint density at radius 3 is 2.67 bits per heavy atom. The number of ether oxygens (including phenoxy) is 1. The molecule has 5 nitrogen and oxygen atoms in total. The highest BCUT2D eigenvalue weighted by molar-refractivity contribution is 5.53. The number of anilines is 1. The normalized spacial score (nSPS) is 17.7. The van der Waals surface area contributed by atoms with Gasteiger partial charge in [0.25, 0.3) is 0 Å². The van der Waals surface area contributed by atoms with Crippen molar-refractivity contribution in [1.82, 2.24) is 15.1 Å². The maximum Gasteiger partial charge on any atom is 0.0642 e. The molecular formula is C19H28N4O. The van der Waals surface area contributed by atoms with Crippen LogP contribution in [0.15, 0.2) is 36.7 Å². The number of benzene rings is 1. The zero-order chi connectivity index (χ0) is 16.9. The second-order valence-electron chi connectivity index (χ2n) is 6.64. The van der Waals surface area contributed by atoms with Gasteiger partial charge in [0.15, 0.2) is 0 Å². The summed E-state index contributed by atoms with van der Waals surface area (Å²) in [6.07, 6.45) is 4.02.